The average molecular weight is 385 g/mol. The van der Waals surface area contributed by atoms with Gasteiger partial charge in [0.1, 0.15) is 0 Å². The van der Waals surface area contributed by atoms with Gasteiger partial charge in [-0.3, -0.25) is 4.79 Å². The molecule has 1 aromatic heterocycles. The number of nitrogens with two attached hydrogens (primary N) is 2. The Hall–Kier alpha value is -3.37. The van der Waals surface area contributed by atoms with Gasteiger partial charge >= 0.3 is 0 Å². The number of primary amides is 1. The molecule has 0 aliphatic carbocycles. The fourth-order valence-corrected chi connectivity index (χ4v) is 3.92. The van der Waals surface area contributed by atoms with Crippen LogP contribution in [0.4, 0.5) is 0 Å². The van der Waals surface area contributed by atoms with Crippen LogP contribution in [-0.2, 0) is 4.79 Å². The molecular formula is C25H26N3O+. The molecule has 0 fully saturated rings. The van der Waals surface area contributed by atoms with Gasteiger partial charge in [0.05, 0.1) is 18.2 Å². The van der Waals surface area contributed by atoms with Crippen molar-refractivity contribution < 1.29 is 10.1 Å². The van der Waals surface area contributed by atoms with Crippen LogP contribution in [0, 0.1) is 0 Å². The van der Waals surface area contributed by atoms with Gasteiger partial charge in [-0.15, -0.1) is 0 Å². The largest absolute Gasteiger partial charge is 0.365 e. The molecule has 0 spiro atoms. The first-order valence-corrected chi connectivity index (χ1v) is 9.98. The maximum absolute atomic E-state index is 11.6. The zero-order valence-corrected chi connectivity index (χ0v) is 16.5. The van der Waals surface area contributed by atoms with E-state index in [4.69, 9.17) is 5.73 Å². The first-order valence-electron chi connectivity index (χ1n) is 9.98. The fraction of sp³-hybridized carbons (Fsp3) is 0.160. The molecule has 0 unspecified atom stereocenters. The van der Waals surface area contributed by atoms with Crippen LogP contribution in [0.1, 0.15) is 24.0 Å². The number of aromatic amines is 1. The second-order valence-electron chi connectivity index (χ2n) is 7.45. The molecule has 4 nitrogen and oxygen atoms in total. The molecule has 4 rings (SSSR count). The van der Waals surface area contributed by atoms with E-state index in [2.05, 4.69) is 77.8 Å². The lowest BCUT2D eigenvalue weighted by Crippen LogP contribution is -2.92. The summed E-state index contributed by atoms with van der Waals surface area (Å²) in [6, 6.07) is 29.0. The number of hydrogen-bond donors (Lipinski definition) is 3. The predicted molar refractivity (Wildman–Crippen MR) is 117 cm³/mol. The molecule has 146 valence electrons. The van der Waals surface area contributed by atoms with E-state index in [1.807, 2.05) is 24.4 Å². The Labute approximate surface area is 170 Å². The molecule has 0 saturated carbocycles. The van der Waals surface area contributed by atoms with E-state index < -0.39 is 0 Å². The molecular weight excluding hydrogens is 358 g/mol. The second kappa shape index (κ2) is 8.33. The molecule has 2 atom stereocenters. The summed E-state index contributed by atoms with van der Waals surface area (Å²) in [5, 5.41) is 3.25. The number of benzene rings is 3. The summed E-state index contributed by atoms with van der Waals surface area (Å²) in [4.78, 5) is 15.3. The number of carbonyl (C=O) groups excluding carboxylic acids is 1. The number of aromatic nitrogens is 1. The molecule has 3 aromatic carbocycles. The minimum absolute atomic E-state index is 0.115. The van der Waals surface area contributed by atoms with Crippen LogP contribution in [0.2, 0.25) is 0 Å². The summed E-state index contributed by atoms with van der Waals surface area (Å²) < 4.78 is 0. The van der Waals surface area contributed by atoms with Crippen molar-refractivity contribution in [2.75, 3.05) is 6.54 Å². The van der Waals surface area contributed by atoms with Crippen LogP contribution in [0.5, 0.6) is 0 Å². The Morgan fingerprint density at radius 3 is 2.24 bits per heavy atom. The van der Waals surface area contributed by atoms with Crippen molar-refractivity contribution in [1.82, 2.24) is 4.98 Å². The summed E-state index contributed by atoms with van der Waals surface area (Å²) in [5.41, 5.74) is 11.4. The van der Waals surface area contributed by atoms with Crippen molar-refractivity contribution in [3.63, 3.8) is 0 Å². The fourth-order valence-electron chi connectivity index (χ4n) is 3.92. The van der Waals surface area contributed by atoms with Crippen LogP contribution in [0.25, 0.3) is 22.2 Å². The van der Waals surface area contributed by atoms with E-state index in [0.29, 0.717) is 0 Å². The van der Waals surface area contributed by atoms with E-state index in [-0.39, 0.29) is 17.9 Å². The third kappa shape index (κ3) is 3.93. The number of carbonyl (C=O) groups is 1. The molecule has 29 heavy (non-hydrogen) atoms. The Kier molecular flexibility index (Phi) is 5.45. The van der Waals surface area contributed by atoms with Gasteiger partial charge < -0.3 is 16.0 Å². The molecule has 0 aliphatic heterocycles. The third-order valence-corrected chi connectivity index (χ3v) is 5.53. The van der Waals surface area contributed by atoms with E-state index in [0.717, 1.165) is 23.3 Å². The monoisotopic (exact) mass is 384 g/mol. The highest BCUT2D eigenvalue weighted by atomic mass is 16.1. The SMILES string of the molecule is C[C@@H]([NH2+]C[C@@H](c1ccccc1)c1c(-c2ccccc2)[nH]c2ccccc12)C(N)=O. The maximum Gasteiger partial charge on any atom is 0.275 e. The number of hydrogen-bond acceptors (Lipinski definition) is 1. The predicted octanol–water partition coefficient (Wildman–Crippen LogP) is 3.40. The van der Waals surface area contributed by atoms with E-state index in [1.165, 1.54) is 16.5 Å². The number of H-pyrrole nitrogens is 1. The smallest absolute Gasteiger partial charge is 0.275 e. The van der Waals surface area contributed by atoms with Crippen molar-refractivity contribution in [1.29, 1.82) is 0 Å². The summed E-state index contributed by atoms with van der Waals surface area (Å²) in [5.74, 6) is -0.177. The number of rotatable bonds is 7. The van der Waals surface area contributed by atoms with Gasteiger partial charge in [0.25, 0.3) is 5.91 Å². The van der Waals surface area contributed by atoms with E-state index in [9.17, 15) is 4.79 Å². The highest BCUT2D eigenvalue weighted by Gasteiger charge is 2.26. The lowest BCUT2D eigenvalue weighted by atomic mass is 9.87. The van der Waals surface area contributed by atoms with Gasteiger partial charge in [-0.2, -0.15) is 0 Å². The summed E-state index contributed by atoms with van der Waals surface area (Å²) in [6.45, 7) is 2.59. The number of quaternary nitrogens is 1. The zero-order valence-electron chi connectivity index (χ0n) is 16.5. The Bertz CT molecular complexity index is 1100. The molecule has 1 amide bonds. The quantitative estimate of drug-likeness (QED) is 0.449. The number of nitrogens with one attached hydrogen (secondary N) is 1. The molecule has 0 radical (unpaired) electrons. The van der Waals surface area contributed by atoms with Gasteiger partial charge in [0, 0.05) is 10.9 Å². The van der Waals surface area contributed by atoms with Gasteiger partial charge in [-0.25, -0.2) is 0 Å². The Morgan fingerprint density at radius 2 is 1.55 bits per heavy atom. The molecule has 5 N–H and O–H groups in total. The van der Waals surface area contributed by atoms with Gasteiger partial charge in [0.2, 0.25) is 0 Å². The van der Waals surface area contributed by atoms with E-state index in [1.54, 1.807) is 0 Å². The minimum Gasteiger partial charge on any atom is -0.365 e. The number of fused-ring (bicyclic) bond motifs is 1. The van der Waals surface area contributed by atoms with Crippen molar-refractivity contribution in [2.45, 2.75) is 18.9 Å². The van der Waals surface area contributed by atoms with E-state index >= 15 is 0 Å². The van der Waals surface area contributed by atoms with Gasteiger partial charge in [-0.05, 0) is 29.7 Å². The summed E-state index contributed by atoms with van der Waals surface area (Å²) in [6.07, 6.45) is 0. The number of amides is 1. The van der Waals surface area contributed by atoms with Crippen molar-refractivity contribution in [3.8, 4) is 11.3 Å². The Morgan fingerprint density at radius 1 is 0.931 bits per heavy atom. The lowest BCUT2D eigenvalue weighted by molar-refractivity contribution is -0.674. The van der Waals surface area contributed by atoms with Gasteiger partial charge in [-0.1, -0.05) is 78.9 Å². The standard InChI is InChI=1S/C25H25N3O/c1-17(25(26)29)27-16-21(18-10-4-2-5-11-18)23-20-14-8-9-15-22(20)28-24(23)19-12-6-3-7-13-19/h2-15,17,21,27-28H,16H2,1H3,(H2,26,29)/p+1/t17-,21+/m1/s1. The van der Waals surface area contributed by atoms with Crippen LogP contribution >= 0.6 is 0 Å². The summed E-state index contributed by atoms with van der Waals surface area (Å²) >= 11 is 0. The van der Waals surface area contributed by atoms with Crippen LogP contribution < -0.4 is 11.1 Å². The van der Waals surface area contributed by atoms with Crippen LogP contribution in [0.3, 0.4) is 0 Å². The second-order valence-corrected chi connectivity index (χ2v) is 7.45. The number of para-hydroxylation sites is 1. The molecule has 4 heteroatoms. The highest BCUT2D eigenvalue weighted by Crippen LogP contribution is 2.38. The minimum atomic E-state index is -0.293. The molecule has 4 aromatic rings. The van der Waals surface area contributed by atoms with Crippen molar-refractivity contribution in [3.05, 3.63) is 96.1 Å². The maximum atomic E-state index is 11.6. The average Bonchev–Trinajstić information content (AvgIpc) is 3.14. The van der Waals surface area contributed by atoms with Crippen molar-refractivity contribution >= 4 is 16.8 Å². The van der Waals surface area contributed by atoms with Crippen LogP contribution in [0.15, 0.2) is 84.9 Å². The lowest BCUT2D eigenvalue weighted by Gasteiger charge is -2.20. The highest BCUT2D eigenvalue weighted by molar-refractivity contribution is 5.92. The van der Waals surface area contributed by atoms with Gasteiger partial charge in [0.15, 0.2) is 6.04 Å². The Balaban J connectivity index is 1.88. The topological polar surface area (TPSA) is 75.5 Å². The normalized spacial score (nSPS) is 13.3. The van der Waals surface area contributed by atoms with Crippen molar-refractivity contribution in [2.24, 2.45) is 5.73 Å². The molecule has 0 saturated heterocycles. The molecule has 0 bridgehead atoms. The molecule has 0 aliphatic rings. The molecule has 1 heterocycles. The zero-order chi connectivity index (χ0) is 20.2. The third-order valence-electron chi connectivity index (χ3n) is 5.53. The first kappa shape index (κ1) is 19.0. The van der Waals surface area contributed by atoms with Crippen LogP contribution in [-0.4, -0.2) is 23.5 Å². The summed E-state index contributed by atoms with van der Waals surface area (Å²) in [7, 11) is 0. The first-order chi connectivity index (χ1) is 14.1.